The minimum Gasteiger partial charge on any atom is -0.484 e. The third-order valence-corrected chi connectivity index (χ3v) is 5.43. The van der Waals surface area contributed by atoms with E-state index in [9.17, 15) is 4.79 Å². The molecule has 2 heterocycles. The second-order valence-electron chi connectivity index (χ2n) is 8.01. The fourth-order valence-electron chi connectivity index (χ4n) is 3.71. The molecule has 33 heavy (non-hydrogen) atoms. The van der Waals surface area contributed by atoms with Gasteiger partial charge in [0.2, 0.25) is 0 Å². The van der Waals surface area contributed by atoms with Crippen LogP contribution in [-0.4, -0.2) is 42.4 Å². The van der Waals surface area contributed by atoms with E-state index in [-0.39, 0.29) is 12.5 Å². The maximum absolute atomic E-state index is 12.1. The summed E-state index contributed by atoms with van der Waals surface area (Å²) in [6.07, 6.45) is 3.45. The third kappa shape index (κ3) is 5.03. The molecule has 1 N–H and O–H groups in total. The first-order valence-corrected chi connectivity index (χ1v) is 10.7. The van der Waals surface area contributed by atoms with E-state index < -0.39 is 0 Å². The lowest BCUT2D eigenvalue weighted by molar-refractivity contribution is -0.123. The lowest BCUT2D eigenvalue weighted by Gasteiger charge is -2.12. The van der Waals surface area contributed by atoms with E-state index in [4.69, 9.17) is 4.74 Å². The van der Waals surface area contributed by atoms with Crippen LogP contribution in [0.3, 0.4) is 0 Å². The number of carbonyl (C=O) groups is 1. The maximum atomic E-state index is 12.1. The van der Waals surface area contributed by atoms with Crippen molar-refractivity contribution in [2.24, 2.45) is 5.10 Å². The number of ether oxygens (including phenoxy) is 1. The van der Waals surface area contributed by atoms with E-state index in [0.29, 0.717) is 5.75 Å². The van der Waals surface area contributed by atoms with Gasteiger partial charge >= 0.3 is 0 Å². The average molecular weight is 442 g/mol. The summed E-state index contributed by atoms with van der Waals surface area (Å²) in [5, 5.41) is 5.20. The van der Waals surface area contributed by atoms with Gasteiger partial charge in [0.25, 0.3) is 5.91 Å². The summed E-state index contributed by atoms with van der Waals surface area (Å²) in [6, 6.07) is 19.8. The Balaban J connectivity index is 1.39. The van der Waals surface area contributed by atoms with Gasteiger partial charge in [-0.2, -0.15) is 5.10 Å². The van der Waals surface area contributed by atoms with Gasteiger partial charge in [0.1, 0.15) is 5.75 Å². The normalized spacial score (nSPS) is 11.2. The summed E-state index contributed by atoms with van der Waals surface area (Å²) in [6.45, 7) is 3.97. The number of nitrogens with zero attached hydrogens (tertiary/aromatic N) is 4. The van der Waals surface area contributed by atoms with E-state index in [1.807, 2.05) is 75.3 Å². The second kappa shape index (κ2) is 9.56. The van der Waals surface area contributed by atoms with Crippen molar-refractivity contribution in [1.29, 1.82) is 0 Å². The number of anilines is 1. The van der Waals surface area contributed by atoms with Crippen molar-refractivity contribution in [3.05, 3.63) is 83.8 Å². The minimum absolute atomic E-state index is 0.108. The molecule has 0 saturated heterocycles. The summed E-state index contributed by atoms with van der Waals surface area (Å²) in [5.74, 6) is 0.313. The molecule has 4 aromatic rings. The summed E-state index contributed by atoms with van der Waals surface area (Å²) >= 11 is 0. The average Bonchev–Trinajstić information content (AvgIpc) is 3.10. The highest BCUT2D eigenvalue weighted by Crippen LogP contribution is 2.23. The summed E-state index contributed by atoms with van der Waals surface area (Å²) in [7, 11) is 3.94. The van der Waals surface area contributed by atoms with E-state index in [1.54, 1.807) is 12.4 Å². The van der Waals surface area contributed by atoms with Gasteiger partial charge in [-0.05, 0) is 68.4 Å². The number of pyridine rings is 1. The third-order valence-electron chi connectivity index (χ3n) is 5.43. The fourth-order valence-corrected chi connectivity index (χ4v) is 3.71. The minimum atomic E-state index is -0.321. The Kier molecular flexibility index (Phi) is 6.40. The molecule has 2 aromatic heterocycles. The van der Waals surface area contributed by atoms with Crippen molar-refractivity contribution in [3.63, 3.8) is 0 Å². The van der Waals surface area contributed by atoms with Gasteiger partial charge in [-0.3, -0.25) is 9.78 Å². The van der Waals surface area contributed by atoms with Gasteiger partial charge < -0.3 is 14.2 Å². The number of aromatic nitrogens is 2. The largest absolute Gasteiger partial charge is 0.484 e. The zero-order valence-corrected chi connectivity index (χ0v) is 19.2. The number of hydrazone groups is 1. The van der Waals surface area contributed by atoms with Crippen LogP contribution >= 0.6 is 0 Å². The maximum Gasteiger partial charge on any atom is 0.277 e. The zero-order valence-electron chi connectivity index (χ0n) is 19.2. The van der Waals surface area contributed by atoms with E-state index in [2.05, 4.69) is 38.3 Å². The molecule has 0 bridgehead atoms. The molecule has 0 aliphatic carbocycles. The SMILES string of the molecule is Cc1cc(/C=N\NC(=O)COc2ccc(N(C)C)cc2)c(C)n1-c1ccc2ncccc2c1. The van der Waals surface area contributed by atoms with Gasteiger partial charge in [0, 0.05) is 54.0 Å². The molecule has 1 amide bonds. The highest BCUT2D eigenvalue weighted by molar-refractivity contribution is 5.85. The number of rotatable bonds is 7. The number of hydrogen-bond acceptors (Lipinski definition) is 5. The standard InChI is InChI=1S/C26H27N5O2/c1-18-14-21(19(2)31(18)23-9-12-25-20(15-23)6-5-13-27-25)16-28-29-26(32)17-33-24-10-7-22(8-11-24)30(3)4/h5-16H,17H2,1-4H3,(H,29,32)/b28-16-. The molecule has 0 aliphatic heterocycles. The van der Waals surface area contributed by atoms with Crippen LogP contribution in [0, 0.1) is 13.8 Å². The van der Waals surface area contributed by atoms with Gasteiger partial charge in [0.15, 0.2) is 6.61 Å². The highest BCUT2D eigenvalue weighted by Gasteiger charge is 2.10. The number of aryl methyl sites for hydroxylation is 1. The van der Waals surface area contributed by atoms with E-state index >= 15 is 0 Å². The molecule has 0 saturated carbocycles. The van der Waals surface area contributed by atoms with Crippen molar-refractivity contribution in [2.75, 3.05) is 25.6 Å². The Morgan fingerprint density at radius 1 is 1.12 bits per heavy atom. The first-order chi connectivity index (χ1) is 15.9. The first kappa shape index (κ1) is 22.1. The number of amides is 1. The fraction of sp³-hybridized carbons (Fsp3) is 0.192. The van der Waals surface area contributed by atoms with Crippen LogP contribution in [0.4, 0.5) is 5.69 Å². The molecule has 0 atom stereocenters. The molecule has 0 aliphatic rings. The molecule has 0 radical (unpaired) electrons. The number of carbonyl (C=O) groups excluding carboxylic acids is 1. The van der Waals surface area contributed by atoms with Gasteiger partial charge in [0.05, 0.1) is 11.7 Å². The monoisotopic (exact) mass is 441 g/mol. The molecule has 0 fully saturated rings. The summed E-state index contributed by atoms with van der Waals surface area (Å²) < 4.78 is 7.69. The van der Waals surface area contributed by atoms with Crippen molar-refractivity contribution < 1.29 is 9.53 Å². The van der Waals surface area contributed by atoms with Crippen molar-refractivity contribution in [3.8, 4) is 11.4 Å². The predicted molar refractivity (Wildman–Crippen MR) is 133 cm³/mol. The smallest absolute Gasteiger partial charge is 0.277 e. The molecule has 168 valence electrons. The number of benzene rings is 2. The van der Waals surface area contributed by atoms with Crippen LogP contribution in [0.5, 0.6) is 5.75 Å². The zero-order chi connectivity index (χ0) is 23.4. The molecule has 7 nitrogen and oxygen atoms in total. The molecule has 2 aromatic carbocycles. The predicted octanol–water partition coefficient (Wildman–Crippen LogP) is 4.24. The van der Waals surface area contributed by atoms with Crippen molar-refractivity contribution in [2.45, 2.75) is 13.8 Å². The van der Waals surface area contributed by atoms with E-state index in [0.717, 1.165) is 39.2 Å². The lowest BCUT2D eigenvalue weighted by atomic mass is 10.2. The van der Waals surface area contributed by atoms with Crippen LogP contribution in [0.1, 0.15) is 17.0 Å². The number of nitrogens with one attached hydrogen (secondary N) is 1. The Morgan fingerprint density at radius 3 is 2.67 bits per heavy atom. The molecular weight excluding hydrogens is 414 g/mol. The van der Waals surface area contributed by atoms with Crippen molar-refractivity contribution >= 4 is 28.7 Å². The lowest BCUT2D eigenvalue weighted by Crippen LogP contribution is -2.24. The van der Waals surface area contributed by atoms with E-state index in [1.165, 1.54) is 0 Å². The number of hydrogen-bond donors (Lipinski definition) is 1. The molecule has 7 heteroatoms. The Labute approximate surface area is 193 Å². The Hall–Kier alpha value is -4.13. The number of fused-ring (bicyclic) bond motifs is 1. The van der Waals surface area contributed by atoms with Gasteiger partial charge in [-0.15, -0.1) is 0 Å². The van der Waals surface area contributed by atoms with Crippen LogP contribution in [0.2, 0.25) is 0 Å². The highest BCUT2D eigenvalue weighted by atomic mass is 16.5. The van der Waals surface area contributed by atoms with Crippen molar-refractivity contribution in [1.82, 2.24) is 15.0 Å². The molecule has 4 rings (SSSR count). The Bertz CT molecular complexity index is 1310. The van der Waals surface area contributed by atoms with Crippen LogP contribution in [-0.2, 0) is 4.79 Å². The van der Waals surface area contributed by atoms with Crippen LogP contribution < -0.4 is 15.1 Å². The summed E-state index contributed by atoms with van der Waals surface area (Å²) in [5.41, 5.74) is 8.66. The van der Waals surface area contributed by atoms with Gasteiger partial charge in [-0.1, -0.05) is 6.07 Å². The quantitative estimate of drug-likeness (QED) is 0.344. The van der Waals surface area contributed by atoms with Gasteiger partial charge in [-0.25, -0.2) is 5.43 Å². The topological polar surface area (TPSA) is 71.8 Å². The molecule has 0 unspecified atom stereocenters. The van der Waals surface area contributed by atoms with Crippen LogP contribution in [0.25, 0.3) is 16.6 Å². The second-order valence-corrected chi connectivity index (χ2v) is 8.01. The molecular formula is C26H27N5O2. The Morgan fingerprint density at radius 2 is 1.91 bits per heavy atom. The molecule has 0 spiro atoms. The first-order valence-electron chi connectivity index (χ1n) is 10.7. The van der Waals surface area contributed by atoms with Crippen LogP contribution in [0.15, 0.2) is 72.0 Å². The summed E-state index contributed by atoms with van der Waals surface area (Å²) in [4.78, 5) is 18.5.